The molecule has 13 heavy (non-hydrogen) atoms. The van der Waals surface area contributed by atoms with E-state index >= 15 is 0 Å². The summed E-state index contributed by atoms with van der Waals surface area (Å²) in [6.45, 7) is 4.42. The fourth-order valence-electron chi connectivity index (χ4n) is 2.25. The van der Waals surface area contributed by atoms with Gasteiger partial charge in [0.1, 0.15) is 0 Å². The second-order valence-corrected chi connectivity index (χ2v) is 4.77. The first-order valence-corrected chi connectivity index (χ1v) is 5.90. The lowest BCUT2D eigenvalue weighted by Crippen LogP contribution is -2.14. The molecule has 1 saturated carbocycles. The van der Waals surface area contributed by atoms with Gasteiger partial charge < -0.3 is 5.11 Å². The van der Waals surface area contributed by atoms with Gasteiger partial charge in [0, 0.05) is 0 Å². The lowest BCUT2D eigenvalue weighted by Gasteiger charge is -2.26. The Kier molecular flexibility index (Phi) is 4.79. The predicted octanol–water partition coefficient (Wildman–Crippen LogP) is 3.36. The standard InChI is InChI=1S/C12H24O/c1-3-12(13)9-8-11-6-4-10(2)5-7-11/h10-13H,3-9H2,1-2H3. The van der Waals surface area contributed by atoms with Crippen LogP contribution in [0.3, 0.4) is 0 Å². The summed E-state index contributed by atoms with van der Waals surface area (Å²) >= 11 is 0. The van der Waals surface area contributed by atoms with Crippen LogP contribution in [0.1, 0.15) is 58.8 Å². The summed E-state index contributed by atoms with van der Waals surface area (Å²) in [7, 11) is 0. The molecule has 0 heterocycles. The molecule has 1 atom stereocenters. The van der Waals surface area contributed by atoms with Gasteiger partial charge in [-0.15, -0.1) is 0 Å². The molecule has 78 valence electrons. The van der Waals surface area contributed by atoms with Crippen LogP contribution in [0.5, 0.6) is 0 Å². The first kappa shape index (κ1) is 11.0. The van der Waals surface area contributed by atoms with Crippen molar-refractivity contribution in [3.8, 4) is 0 Å². The van der Waals surface area contributed by atoms with E-state index in [9.17, 15) is 5.11 Å². The average molecular weight is 184 g/mol. The summed E-state index contributed by atoms with van der Waals surface area (Å²) < 4.78 is 0. The van der Waals surface area contributed by atoms with Gasteiger partial charge in [0.2, 0.25) is 0 Å². The van der Waals surface area contributed by atoms with E-state index in [-0.39, 0.29) is 6.10 Å². The molecular weight excluding hydrogens is 160 g/mol. The summed E-state index contributed by atoms with van der Waals surface area (Å²) in [5.74, 6) is 1.87. The lowest BCUT2D eigenvalue weighted by molar-refractivity contribution is 0.142. The molecule has 1 rings (SSSR count). The van der Waals surface area contributed by atoms with E-state index in [1.807, 2.05) is 0 Å². The summed E-state index contributed by atoms with van der Waals surface area (Å²) in [5.41, 5.74) is 0. The Morgan fingerprint density at radius 2 is 1.85 bits per heavy atom. The SMILES string of the molecule is CCC(O)CCC1CCC(C)CC1. The van der Waals surface area contributed by atoms with Gasteiger partial charge in [-0.25, -0.2) is 0 Å². The highest BCUT2D eigenvalue weighted by atomic mass is 16.3. The Balaban J connectivity index is 2.08. The Labute approximate surface area is 82.5 Å². The van der Waals surface area contributed by atoms with E-state index < -0.39 is 0 Å². The largest absolute Gasteiger partial charge is 0.393 e. The fourth-order valence-corrected chi connectivity index (χ4v) is 2.25. The Morgan fingerprint density at radius 1 is 1.23 bits per heavy atom. The van der Waals surface area contributed by atoms with Crippen molar-refractivity contribution >= 4 is 0 Å². The molecule has 0 aromatic carbocycles. The van der Waals surface area contributed by atoms with Crippen molar-refractivity contribution in [3.63, 3.8) is 0 Å². The van der Waals surface area contributed by atoms with E-state index in [1.54, 1.807) is 0 Å². The van der Waals surface area contributed by atoms with Crippen LogP contribution in [0.4, 0.5) is 0 Å². The molecule has 1 aliphatic carbocycles. The summed E-state index contributed by atoms with van der Waals surface area (Å²) in [6, 6.07) is 0. The van der Waals surface area contributed by atoms with Crippen molar-refractivity contribution in [1.82, 2.24) is 0 Å². The molecule has 0 amide bonds. The molecule has 0 bridgehead atoms. The number of hydrogen-bond donors (Lipinski definition) is 1. The Bertz CT molecular complexity index is 125. The highest BCUT2D eigenvalue weighted by molar-refractivity contribution is 4.71. The Hall–Kier alpha value is -0.0400. The molecule has 1 heteroatoms. The molecule has 0 spiro atoms. The smallest absolute Gasteiger partial charge is 0.0537 e. The predicted molar refractivity (Wildman–Crippen MR) is 56.7 cm³/mol. The topological polar surface area (TPSA) is 20.2 Å². The number of rotatable bonds is 4. The maximum absolute atomic E-state index is 9.44. The van der Waals surface area contributed by atoms with Crippen LogP contribution in [-0.2, 0) is 0 Å². The highest BCUT2D eigenvalue weighted by Crippen LogP contribution is 2.31. The van der Waals surface area contributed by atoms with Crippen LogP contribution in [-0.4, -0.2) is 11.2 Å². The van der Waals surface area contributed by atoms with Crippen LogP contribution in [0.2, 0.25) is 0 Å². The molecule has 0 aromatic rings. The van der Waals surface area contributed by atoms with Crippen molar-refractivity contribution in [2.24, 2.45) is 11.8 Å². The summed E-state index contributed by atoms with van der Waals surface area (Å²) in [6.07, 6.45) is 8.77. The molecular formula is C12H24O. The third-order valence-corrected chi connectivity index (χ3v) is 3.51. The zero-order valence-electron chi connectivity index (χ0n) is 9.13. The normalized spacial score (nSPS) is 31.6. The maximum atomic E-state index is 9.44. The molecule has 0 aromatic heterocycles. The van der Waals surface area contributed by atoms with Crippen LogP contribution >= 0.6 is 0 Å². The molecule has 0 saturated heterocycles. The fraction of sp³-hybridized carbons (Fsp3) is 1.00. The van der Waals surface area contributed by atoms with Gasteiger partial charge in [-0.2, -0.15) is 0 Å². The summed E-state index contributed by atoms with van der Waals surface area (Å²) in [5, 5.41) is 9.44. The third kappa shape index (κ3) is 4.12. The zero-order chi connectivity index (χ0) is 9.68. The average Bonchev–Trinajstić information content (AvgIpc) is 2.16. The van der Waals surface area contributed by atoms with E-state index in [0.29, 0.717) is 0 Å². The molecule has 1 N–H and O–H groups in total. The molecule has 1 aliphatic rings. The van der Waals surface area contributed by atoms with Gasteiger partial charge in [0.15, 0.2) is 0 Å². The third-order valence-electron chi connectivity index (χ3n) is 3.51. The quantitative estimate of drug-likeness (QED) is 0.710. The number of aliphatic hydroxyl groups excluding tert-OH is 1. The number of aliphatic hydroxyl groups is 1. The molecule has 1 nitrogen and oxygen atoms in total. The second-order valence-electron chi connectivity index (χ2n) is 4.77. The highest BCUT2D eigenvalue weighted by Gasteiger charge is 2.18. The molecule has 0 radical (unpaired) electrons. The van der Waals surface area contributed by atoms with E-state index in [1.165, 1.54) is 32.1 Å². The van der Waals surface area contributed by atoms with Crippen LogP contribution in [0, 0.1) is 11.8 Å². The number of hydrogen-bond acceptors (Lipinski definition) is 1. The second kappa shape index (κ2) is 5.64. The first-order valence-electron chi connectivity index (χ1n) is 5.90. The zero-order valence-corrected chi connectivity index (χ0v) is 9.13. The van der Waals surface area contributed by atoms with Crippen molar-refractivity contribution < 1.29 is 5.11 Å². The molecule has 1 fully saturated rings. The van der Waals surface area contributed by atoms with Crippen molar-refractivity contribution in [2.75, 3.05) is 0 Å². The monoisotopic (exact) mass is 184 g/mol. The first-order chi connectivity index (χ1) is 6.22. The van der Waals surface area contributed by atoms with Crippen LogP contribution in [0.15, 0.2) is 0 Å². The van der Waals surface area contributed by atoms with Gasteiger partial charge in [-0.3, -0.25) is 0 Å². The van der Waals surface area contributed by atoms with Gasteiger partial charge in [-0.05, 0) is 31.1 Å². The van der Waals surface area contributed by atoms with Gasteiger partial charge in [0.05, 0.1) is 6.10 Å². The minimum absolute atomic E-state index is 0.0423. The van der Waals surface area contributed by atoms with Crippen molar-refractivity contribution in [2.45, 2.75) is 64.9 Å². The van der Waals surface area contributed by atoms with Gasteiger partial charge in [-0.1, -0.05) is 39.5 Å². The maximum Gasteiger partial charge on any atom is 0.0537 e. The van der Waals surface area contributed by atoms with Crippen LogP contribution in [0.25, 0.3) is 0 Å². The minimum Gasteiger partial charge on any atom is -0.393 e. The molecule has 0 aliphatic heterocycles. The van der Waals surface area contributed by atoms with E-state index in [0.717, 1.165) is 24.7 Å². The Morgan fingerprint density at radius 3 is 2.38 bits per heavy atom. The van der Waals surface area contributed by atoms with E-state index in [4.69, 9.17) is 0 Å². The van der Waals surface area contributed by atoms with Crippen molar-refractivity contribution in [3.05, 3.63) is 0 Å². The van der Waals surface area contributed by atoms with Crippen molar-refractivity contribution in [1.29, 1.82) is 0 Å². The summed E-state index contributed by atoms with van der Waals surface area (Å²) in [4.78, 5) is 0. The minimum atomic E-state index is -0.0423. The lowest BCUT2D eigenvalue weighted by atomic mass is 9.80. The molecule has 1 unspecified atom stereocenters. The van der Waals surface area contributed by atoms with Gasteiger partial charge in [0.25, 0.3) is 0 Å². The van der Waals surface area contributed by atoms with Crippen LogP contribution < -0.4 is 0 Å². The van der Waals surface area contributed by atoms with Gasteiger partial charge >= 0.3 is 0 Å². The van der Waals surface area contributed by atoms with E-state index in [2.05, 4.69) is 13.8 Å².